The molecule has 146 valence electrons. The molecule has 3 aromatic rings. The van der Waals surface area contributed by atoms with Gasteiger partial charge in [-0.05, 0) is 29.8 Å². The monoisotopic (exact) mass is 393 g/mol. The smallest absolute Gasteiger partial charge is 0.258 e. The van der Waals surface area contributed by atoms with Gasteiger partial charge in [0.15, 0.2) is 0 Å². The fourth-order valence-electron chi connectivity index (χ4n) is 3.39. The molecule has 8 nitrogen and oxygen atoms in total. The lowest BCUT2D eigenvalue weighted by Crippen LogP contribution is -2.52. The van der Waals surface area contributed by atoms with E-state index in [1.54, 1.807) is 30.3 Å². The van der Waals surface area contributed by atoms with Crippen molar-refractivity contribution in [3.63, 3.8) is 0 Å². The highest BCUT2D eigenvalue weighted by molar-refractivity contribution is 6.03. The van der Waals surface area contributed by atoms with E-state index in [0.717, 1.165) is 0 Å². The molecule has 29 heavy (non-hydrogen) atoms. The molecule has 2 heterocycles. The number of nitrogens with one attached hydrogen (secondary N) is 3. The zero-order chi connectivity index (χ0) is 20.5. The van der Waals surface area contributed by atoms with Gasteiger partial charge in [-0.3, -0.25) is 19.4 Å². The lowest BCUT2D eigenvalue weighted by atomic mass is 9.82. The van der Waals surface area contributed by atoms with E-state index < -0.39 is 35.2 Å². The summed E-state index contributed by atoms with van der Waals surface area (Å²) in [5, 5.41) is 5.20. The van der Waals surface area contributed by atoms with Gasteiger partial charge in [-0.15, -0.1) is 0 Å². The number of amides is 2. The number of halogens is 1. The van der Waals surface area contributed by atoms with Crippen molar-refractivity contribution in [3.8, 4) is 0 Å². The molecule has 0 radical (unpaired) electrons. The van der Waals surface area contributed by atoms with Crippen molar-refractivity contribution in [1.82, 2.24) is 15.3 Å². The first-order valence-corrected chi connectivity index (χ1v) is 8.76. The van der Waals surface area contributed by atoms with Crippen LogP contribution in [0.1, 0.15) is 27.4 Å². The molecular weight excluding hydrogens is 377 g/mol. The van der Waals surface area contributed by atoms with Crippen LogP contribution in [-0.2, 0) is 4.79 Å². The molecule has 2 atom stereocenters. The number of H-pyrrole nitrogens is 1. The van der Waals surface area contributed by atoms with Gasteiger partial charge in [0.25, 0.3) is 11.5 Å². The van der Waals surface area contributed by atoms with Crippen LogP contribution in [0.5, 0.6) is 0 Å². The van der Waals surface area contributed by atoms with Crippen LogP contribution >= 0.6 is 0 Å². The van der Waals surface area contributed by atoms with Crippen molar-refractivity contribution in [1.29, 1.82) is 0 Å². The topological polar surface area (TPSA) is 130 Å². The number of benzene rings is 2. The fourth-order valence-corrected chi connectivity index (χ4v) is 3.39. The van der Waals surface area contributed by atoms with Gasteiger partial charge in [-0.25, -0.2) is 4.39 Å². The molecule has 1 aliphatic rings. The molecule has 1 aliphatic heterocycles. The summed E-state index contributed by atoms with van der Waals surface area (Å²) < 4.78 is 13.4. The summed E-state index contributed by atoms with van der Waals surface area (Å²) in [6, 6.07) is 12.6. The molecule has 0 saturated carbocycles. The summed E-state index contributed by atoms with van der Waals surface area (Å²) >= 11 is 0. The molecule has 0 fully saturated rings. The standard InChI is InChI=1S/C20H16FN5O3/c21-12-8-6-10(7-9-12)13-14-16(25-20(22)26-18(14)28)24-19(29)15(13)23-17(27)11-4-2-1-3-5-11/h1-9,13,15H,(H,23,27)(H4,22,24,25,26,28,29). The number of carbonyl (C=O) groups excluding carboxylic acids is 2. The second kappa shape index (κ2) is 7.19. The van der Waals surface area contributed by atoms with E-state index in [9.17, 15) is 18.8 Å². The Kier molecular flexibility index (Phi) is 4.55. The van der Waals surface area contributed by atoms with Gasteiger partial charge in [-0.2, -0.15) is 4.98 Å². The van der Waals surface area contributed by atoms with Crippen molar-refractivity contribution in [3.05, 3.63) is 87.5 Å². The largest absolute Gasteiger partial charge is 0.369 e. The molecule has 0 saturated heterocycles. The predicted molar refractivity (Wildman–Crippen MR) is 104 cm³/mol. The maximum Gasteiger partial charge on any atom is 0.258 e. The summed E-state index contributed by atoms with van der Waals surface area (Å²) in [5.41, 5.74) is 5.99. The summed E-state index contributed by atoms with van der Waals surface area (Å²) in [6.45, 7) is 0. The third-order valence-corrected chi connectivity index (χ3v) is 4.69. The number of aromatic nitrogens is 2. The molecule has 0 aliphatic carbocycles. The third kappa shape index (κ3) is 3.45. The normalized spacial score (nSPS) is 17.9. The van der Waals surface area contributed by atoms with E-state index in [0.29, 0.717) is 11.1 Å². The first kappa shape index (κ1) is 18.4. The maximum absolute atomic E-state index is 13.4. The number of hydrogen-bond donors (Lipinski definition) is 4. The van der Waals surface area contributed by atoms with Crippen LogP contribution in [0.4, 0.5) is 16.2 Å². The molecule has 2 aromatic carbocycles. The van der Waals surface area contributed by atoms with Crippen LogP contribution in [0.15, 0.2) is 59.4 Å². The molecule has 1 aromatic heterocycles. The average Bonchev–Trinajstić information content (AvgIpc) is 2.70. The van der Waals surface area contributed by atoms with Crippen LogP contribution in [-0.4, -0.2) is 27.8 Å². The zero-order valence-electron chi connectivity index (χ0n) is 15.0. The highest BCUT2D eigenvalue weighted by Gasteiger charge is 2.40. The lowest BCUT2D eigenvalue weighted by molar-refractivity contribution is -0.118. The Balaban J connectivity index is 1.82. The van der Waals surface area contributed by atoms with Crippen molar-refractivity contribution < 1.29 is 14.0 Å². The van der Waals surface area contributed by atoms with Crippen LogP contribution in [0, 0.1) is 5.82 Å². The quantitative estimate of drug-likeness (QED) is 0.534. The number of nitrogens with two attached hydrogens (primary N) is 1. The van der Waals surface area contributed by atoms with Crippen LogP contribution in [0.25, 0.3) is 0 Å². The van der Waals surface area contributed by atoms with Crippen molar-refractivity contribution in [2.75, 3.05) is 11.1 Å². The highest BCUT2D eigenvalue weighted by atomic mass is 19.1. The van der Waals surface area contributed by atoms with Gasteiger partial charge in [-0.1, -0.05) is 30.3 Å². The number of fused-ring (bicyclic) bond motifs is 1. The number of nitrogens with zero attached hydrogens (tertiary/aromatic N) is 1. The van der Waals surface area contributed by atoms with E-state index in [1.165, 1.54) is 24.3 Å². The first-order valence-electron chi connectivity index (χ1n) is 8.76. The lowest BCUT2D eigenvalue weighted by Gasteiger charge is -2.32. The highest BCUT2D eigenvalue weighted by Crippen LogP contribution is 2.34. The molecule has 9 heteroatoms. The van der Waals surface area contributed by atoms with E-state index >= 15 is 0 Å². The number of aromatic amines is 1. The molecule has 0 bridgehead atoms. The summed E-state index contributed by atoms with van der Waals surface area (Å²) in [5.74, 6) is -2.54. The van der Waals surface area contributed by atoms with Crippen molar-refractivity contribution >= 4 is 23.6 Å². The second-order valence-corrected chi connectivity index (χ2v) is 6.55. The third-order valence-electron chi connectivity index (χ3n) is 4.69. The van der Waals surface area contributed by atoms with Gasteiger partial charge in [0.1, 0.15) is 17.7 Å². The minimum absolute atomic E-state index is 0.00999. The Morgan fingerprint density at radius 3 is 2.45 bits per heavy atom. The Labute approximate surface area is 164 Å². The van der Waals surface area contributed by atoms with E-state index in [-0.39, 0.29) is 17.3 Å². The Morgan fingerprint density at radius 1 is 1.07 bits per heavy atom. The minimum atomic E-state index is -1.12. The number of anilines is 2. The molecule has 2 unspecified atom stereocenters. The summed E-state index contributed by atoms with van der Waals surface area (Å²) in [4.78, 5) is 44.5. The van der Waals surface area contributed by atoms with Crippen LogP contribution in [0.2, 0.25) is 0 Å². The molecular formula is C20H16FN5O3. The van der Waals surface area contributed by atoms with Gasteiger partial charge in [0.2, 0.25) is 11.9 Å². The molecule has 0 spiro atoms. The van der Waals surface area contributed by atoms with E-state index in [4.69, 9.17) is 5.73 Å². The van der Waals surface area contributed by atoms with Gasteiger partial charge < -0.3 is 16.4 Å². The minimum Gasteiger partial charge on any atom is -0.369 e. The Hall–Kier alpha value is -4.01. The molecule has 4 rings (SSSR count). The van der Waals surface area contributed by atoms with E-state index in [1.807, 2.05) is 0 Å². The van der Waals surface area contributed by atoms with Gasteiger partial charge >= 0.3 is 0 Å². The number of carbonyl (C=O) groups is 2. The first-order chi connectivity index (χ1) is 13.9. The predicted octanol–water partition coefficient (Wildman–Crippen LogP) is 1.37. The van der Waals surface area contributed by atoms with Gasteiger partial charge in [0.05, 0.1) is 5.56 Å². The summed E-state index contributed by atoms with van der Waals surface area (Å²) in [6.07, 6.45) is 0. The number of hydrogen-bond acceptors (Lipinski definition) is 5. The second-order valence-electron chi connectivity index (χ2n) is 6.55. The number of rotatable bonds is 3. The zero-order valence-corrected chi connectivity index (χ0v) is 15.0. The average molecular weight is 393 g/mol. The molecule has 5 N–H and O–H groups in total. The maximum atomic E-state index is 13.4. The van der Waals surface area contributed by atoms with Crippen LogP contribution in [0.3, 0.4) is 0 Å². The summed E-state index contributed by atoms with van der Waals surface area (Å²) in [7, 11) is 0. The number of nitrogen functional groups attached to an aromatic ring is 1. The Morgan fingerprint density at radius 2 is 1.76 bits per heavy atom. The van der Waals surface area contributed by atoms with Crippen LogP contribution < -0.4 is 21.9 Å². The fraction of sp³-hybridized carbons (Fsp3) is 0.100. The molecule has 2 amide bonds. The Bertz CT molecular complexity index is 1150. The van der Waals surface area contributed by atoms with E-state index in [2.05, 4.69) is 20.6 Å². The van der Waals surface area contributed by atoms with Crippen molar-refractivity contribution in [2.45, 2.75) is 12.0 Å². The van der Waals surface area contributed by atoms with Crippen molar-refractivity contribution in [2.24, 2.45) is 0 Å². The van der Waals surface area contributed by atoms with Gasteiger partial charge in [0, 0.05) is 11.5 Å². The SMILES string of the molecule is Nc1nc2c(c(=O)[nH]1)C(c1ccc(F)cc1)C(NC(=O)c1ccccc1)C(=O)N2.